The van der Waals surface area contributed by atoms with Crippen molar-refractivity contribution in [1.82, 2.24) is 5.32 Å². The van der Waals surface area contributed by atoms with Crippen molar-refractivity contribution >= 4 is 0 Å². The molecule has 0 saturated carbocycles. The van der Waals surface area contributed by atoms with Crippen molar-refractivity contribution in [2.75, 3.05) is 13.2 Å². The lowest BCUT2D eigenvalue weighted by Crippen LogP contribution is -2.32. The fourth-order valence-electron chi connectivity index (χ4n) is 1.29. The summed E-state index contributed by atoms with van der Waals surface area (Å²) in [5.41, 5.74) is 0.530. The summed E-state index contributed by atoms with van der Waals surface area (Å²) in [5.74, 6) is -1.76. The van der Waals surface area contributed by atoms with Gasteiger partial charge in [-0.15, -0.1) is 0 Å². The molecule has 0 amide bonds. The first-order valence-corrected chi connectivity index (χ1v) is 3.95. The van der Waals surface area contributed by atoms with Gasteiger partial charge >= 0.3 is 0 Å². The summed E-state index contributed by atoms with van der Waals surface area (Å²) >= 11 is 0. The van der Waals surface area contributed by atoms with Crippen LogP contribution in [0, 0.1) is 0 Å². The summed E-state index contributed by atoms with van der Waals surface area (Å²) in [4.78, 5) is 0. The summed E-state index contributed by atoms with van der Waals surface area (Å²) in [6.45, 7) is 0.983. The lowest BCUT2D eigenvalue weighted by molar-refractivity contribution is -0.128. The highest BCUT2D eigenvalue weighted by atomic mass is 19.2. The number of halogens is 1. The van der Waals surface area contributed by atoms with Crippen LogP contribution in [0.25, 0.3) is 0 Å². The fourth-order valence-corrected chi connectivity index (χ4v) is 1.29. The largest absolute Gasteiger partial charge is 0.329 e. The van der Waals surface area contributed by atoms with E-state index in [9.17, 15) is 4.39 Å². The van der Waals surface area contributed by atoms with Gasteiger partial charge in [0.25, 0.3) is 5.98 Å². The molecule has 2 nitrogen and oxygen atoms in total. The van der Waals surface area contributed by atoms with E-state index in [-0.39, 0.29) is 0 Å². The van der Waals surface area contributed by atoms with Gasteiger partial charge in [0, 0.05) is 12.1 Å². The first-order chi connectivity index (χ1) is 5.81. The Labute approximate surface area is 70.3 Å². The molecule has 1 fully saturated rings. The van der Waals surface area contributed by atoms with Crippen LogP contribution in [-0.2, 0) is 10.7 Å². The van der Waals surface area contributed by atoms with Crippen molar-refractivity contribution in [3.8, 4) is 0 Å². The normalized spacial score (nSPS) is 29.1. The van der Waals surface area contributed by atoms with Crippen LogP contribution in [0.1, 0.15) is 5.56 Å². The van der Waals surface area contributed by atoms with Gasteiger partial charge in [0.2, 0.25) is 0 Å². The molecule has 1 atom stereocenters. The minimum Gasteiger partial charge on any atom is -0.329 e. The van der Waals surface area contributed by atoms with Crippen LogP contribution >= 0.6 is 0 Å². The topological polar surface area (TPSA) is 21.3 Å². The number of hydrogen-bond acceptors (Lipinski definition) is 2. The number of hydrogen-bond donors (Lipinski definition) is 1. The van der Waals surface area contributed by atoms with Crippen molar-refractivity contribution in [1.29, 1.82) is 0 Å². The quantitative estimate of drug-likeness (QED) is 0.638. The molecule has 64 valence electrons. The lowest BCUT2D eigenvalue weighted by Gasteiger charge is -2.18. The Morgan fingerprint density at radius 1 is 1.33 bits per heavy atom. The van der Waals surface area contributed by atoms with E-state index in [4.69, 9.17) is 4.74 Å². The predicted molar refractivity (Wildman–Crippen MR) is 43.2 cm³/mol. The molecule has 1 aromatic carbocycles. The maximum absolute atomic E-state index is 13.7. The van der Waals surface area contributed by atoms with E-state index in [0.717, 1.165) is 0 Å². The molecule has 0 bridgehead atoms. The van der Waals surface area contributed by atoms with Crippen molar-refractivity contribution in [2.45, 2.75) is 5.98 Å². The highest BCUT2D eigenvalue weighted by molar-refractivity contribution is 5.20. The third kappa shape index (κ3) is 1.21. The fraction of sp³-hybridized carbons (Fsp3) is 0.333. The highest BCUT2D eigenvalue weighted by Crippen LogP contribution is 2.26. The second kappa shape index (κ2) is 2.84. The third-order valence-electron chi connectivity index (χ3n) is 1.90. The molecule has 1 aromatic rings. The summed E-state index contributed by atoms with van der Waals surface area (Å²) < 4.78 is 18.7. The van der Waals surface area contributed by atoms with E-state index < -0.39 is 5.98 Å². The Balaban J connectivity index is 2.29. The zero-order chi connectivity index (χ0) is 8.44. The van der Waals surface area contributed by atoms with Gasteiger partial charge < -0.3 is 4.74 Å². The first kappa shape index (κ1) is 7.71. The maximum Gasteiger partial charge on any atom is 0.293 e. The monoisotopic (exact) mass is 167 g/mol. The highest BCUT2D eigenvalue weighted by Gasteiger charge is 2.36. The van der Waals surface area contributed by atoms with Gasteiger partial charge in [-0.2, -0.15) is 4.39 Å². The number of benzene rings is 1. The molecule has 0 radical (unpaired) electrons. The molecule has 1 heterocycles. The Morgan fingerprint density at radius 3 is 2.67 bits per heavy atom. The van der Waals surface area contributed by atoms with Gasteiger partial charge in [0.15, 0.2) is 0 Å². The van der Waals surface area contributed by atoms with E-state index in [2.05, 4.69) is 5.32 Å². The minimum absolute atomic E-state index is 0.422. The van der Waals surface area contributed by atoms with Crippen LogP contribution in [0.5, 0.6) is 0 Å². The first-order valence-electron chi connectivity index (χ1n) is 3.95. The zero-order valence-electron chi connectivity index (χ0n) is 6.59. The Morgan fingerprint density at radius 2 is 2.08 bits per heavy atom. The molecule has 0 aromatic heterocycles. The molecule has 1 aliphatic heterocycles. The molecule has 0 spiro atoms. The van der Waals surface area contributed by atoms with Crippen LogP contribution in [0.2, 0.25) is 0 Å². The number of rotatable bonds is 1. The van der Waals surface area contributed by atoms with E-state index in [0.29, 0.717) is 18.7 Å². The van der Waals surface area contributed by atoms with E-state index in [1.165, 1.54) is 0 Å². The van der Waals surface area contributed by atoms with Crippen molar-refractivity contribution in [3.05, 3.63) is 35.9 Å². The van der Waals surface area contributed by atoms with Gasteiger partial charge in [0.05, 0.1) is 6.61 Å². The zero-order valence-corrected chi connectivity index (χ0v) is 6.59. The van der Waals surface area contributed by atoms with Crippen LogP contribution in [0.15, 0.2) is 30.3 Å². The molecule has 0 aliphatic carbocycles. The number of nitrogens with one attached hydrogen (secondary N) is 1. The standard InChI is InChI=1S/C9H10FNO/c10-9(11-6-7-12-9)8-4-2-1-3-5-8/h1-5,11H,6-7H2. The molecule has 1 unspecified atom stereocenters. The molecule has 12 heavy (non-hydrogen) atoms. The van der Waals surface area contributed by atoms with E-state index in [1.54, 1.807) is 24.3 Å². The summed E-state index contributed by atoms with van der Waals surface area (Å²) in [6, 6.07) is 8.85. The average molecular weight is 167 g/mol. The van der Waals surface area contributed by atoms with Crippen LogP contribution in [0.4, 0.5) is 4.39 Å². The predicted octanol–water partition coefficient (Wildman–Crippen LogP) is 1.39. The second-order valence-corrected chi connectivity index (χ2v) is 2.74. The van der Waals surface area contributed by atoms with Crippen molar-refractivity contribution in [2.24, 2.45) is 0 Å². The maximum atomic E-state index is 13.7. The summed E-state index contributed by atoms with van der Waals surface area (Å²) in [6.07, 6.45) is 0. The van der Waals surface area contributed by atoms with Gasteiger partial charge in [-0.25, -0.2) is 0 Å². The molecule has 1 N–H and O–H groups in total. The van der Waals surface area contributed by atoms with Crippen molar-refractivity contribution < 1.29 is 9.13 Å². The molecule has 1 aliphatic rings. The van der Waals surface area contributed by atoms with E-state index in [1.807, 2.05) is 6.07 Å². The molecule has 2 rings (SSSR count). The molecule has 1 saturated heterocycles. The van der Waals surface area contributed by atoms with Crippen LogP contribution in [0.3, 0.4) is 0 Å². The van der Waals surface area contributed by atoms with E-state index >= 15 is 0 Å². The smallest absolute Gasteiger partial charge is 0.293 e. The second-order valence-electron chi connectivity index (χ2n) is 2.74. The number of ether oxygens (including phenoxy) is 1. The Kier molecular flexibility index (Phi) is 1.83. The summed E-state index contributed by atoms with van der Waals surface area (Å²) in [7, 11) is 0. The molecular weight excluding hydrogens is 157 g/mol. The van der Waals surface area contributed by atoms with Gasteiger partial charge in [-0.1, -0.05) is 30.3 Å². The van der Waals surface area contributed by atoms with Crippen LogP contribution in [-0.4, -0.2) is 13.2 Å². The van der Waals surface area contributed by atoms with Crippen LogP contribution < -0.4 is 5.32 Å². The summed E-state index contributed by atoms with van der Waals surface area (Å²) in [5, 5.41) is 2.66. The lowest BCUT2D eigenvalue weighted by atomic mass is 10.2. The van der Waals surface area contributed by atoms with Gasteiger partial charge in [-0.05, 0) is 0 Å². The Bertz CT molecular complexity index is 256. The molecular formula is C9H10FNO. The van der Waals surface area contributed by atoms with Gasteiger partial charge in [-0.3, -0.25) is 5.32 Å². The number of alkyl halides is 1. The third-order valence-corrected chi connectivity index (χ3v) is 1.90. The molecule has 3 heteroatoms. The van der Waals surface area contributed by atoms with Gasteiger partial charge in [0.1, 0.15) is 0 Å². The van der Waals surface area contributed by atoms with Crippen molar-refractivity contribution in [3.63, 3.8) is 0 Å². The SMILES string of the molecule is FC1(c2ccccc2)NCCO1. The average Bonchev–Trinajstić information content (AvgIpc) is 2.55. The minimum atomic E-state index is -1.76. The Hall–Kier alpha value is -0.930.